The largest absolute Gasteiger partial charge is 0.484 e. The second-order valence-corrected chi connectivity index (χ2v) is 7.31. The van der Waals surface area contributed by atoms with Crippen molar-refractivity contribution >= 4 is 33.8 Å². The number of imidazole rings is 1. The van der Waals surface area contributed by atoms with Crippen molar-refractivity contribution in [2.45, 2.75) is 33.7 Å². The Morgan fingerprint density at radius 3 is 2.81 bits per heavy atom. The first kappa shape index (κ1) is 18.9. The molecule has 0 saturated heterocycles. The van der Waals surface area contributed by atoms with Crippen molar-refractivity contribution in [1.29, 1.82) is 0 Å². The van der Waals surface area contributed by atoms with Gasteiger partial charge in [0, 0.05) is 34.9 Å². The molecule has 142 valence electrons. The molecule has 0 atom stereocenters. The van der Waals surface area contributed by atoms with Gasteiger partial charge in [-0.05, 0) is 26.0 Å². The molecule has 7 nitrogen and oxygen atoms in total. The van der Waals surface area contributed by atoms with Crippen molar-refractivity contribution < 1.29 is 14.3 Å². The molecule has 1 aromatic carbocycles. The highest BCUT2D eigenvalue weighted by Gasteiger charge is 2.10. The van der Waals surface area contributed by atoms with Crippen LogP contribution in [0, 0.1) is 13.8 Å². The lowest BCUT2D eigenvalue weighted by atomic mass is 10.3. The lowest BCUT2D eigenvalue weighted by Crippen LogP contribution is -2.28. The van der Waals surface area contributed by atoms with Crippen molar-refractivity contribution in [3.8, 4) is 5.75 Å². The van der Waals surface area contributed by atoms with Crippen LogP contribution in [-0.2, 0) is 16.1 Å². The number of nitrogens with one attached hydrogen (secondary N) is 2. The van der Waals surface area contributed by atoms with E-state index < -0.39 is 0 Å². The van der Waals surface area contributed by atoms with Crippen LogP contribution in [0.5, 0.6) is 5.75 Å². The summed E-state index contributed by atoms with van der Waals surface area (Å²) in [4.78, 5) is 30.2. The number of rotatable bonds is 7. The van der Waals surface area contributed by atoms with Crippen molar-refractivity contribution in [3.05, 3.63) is 46.7 Å². The predicted molar refractivity (Wildman–Crippen MR) is 105 cm³/mol. The number of hydrogen-bond acceptors (Lipinski definition) is 5. The Balaban J connectivity index is 1.50. The van der Waals surface area contributed by atoms with E-state index in [1.807, 2.05) is 17.5 Å². The summed E-state index contributed by atoms with van der Waals surface area (Å²) < 4.78 is 7.54. The number of benzene rings is 1. The van der Waals surface area contributed by atoms with Crippen LogP contribution in [0.3, 0.4) is 0 Å². The topological polar surface area (TPSA) is 84.7 Å². The van der Waals surface area contributed by atoms with Gasteiger partial charge in [-0.2, -0.15) is 0 Å². The van der Waals surface area contributed by atoms with Crippen LogP contribution in [-0.4, -0.2) is 27.8 Å². The molecule has 3 aromatic rings. The summed E-state index contributed by atoms with van der Waals surface area (Å²) in [5, 5.41) is 5.56. The first-order valence-electron chi connectivity index (χ1n) is 8.69. The van der Waals surface area contributed by atoms with Crippen LogP contribution >= 0.6 is 11.3 Å². The summed E-state index contributed by atoms with van der Waals surface area (Å²) in [5.41, 5.74) is 2.61. The first-order chi connectivity index (χ1) is 13.0. The molecule has 2 amide bonds. The van der Waals surface area contributed by atoms with E-state index in [0.29, 0.717) is 24.4 Å². The van der Waals surface area contributed by atoms with Crippen molar-refractivity contribution in [1.82, 2.24) is 14.7 Å². The van der Waals surface area contributed by atoms with Gasteiger partial charge in [0.2, 0.25) is 5.91 Å². The molecule has 27 heavy (non-hydrogen) atoms. The Morgan fingerprint density at radius 1 is 1.26 bits per heavy atom. The van der Waals surface area contributed by atoms with E-state index in [2.05, 4.69) is 22.5 Å². The molecule has 0 bridgehead atoms. The van der Waals surface area contributed by atoms with Gasteiger partial charge in [0.05, 0.1) is 12.2 Å². The lowest BCUT2D eigenvalue weighted by molar-refractivity contribution is -0.123. The third-order valence-electron chi connectivity index (χ3n) is 4.11. The fraction of sp³-hybridized carbons (Fsp3) is 0.316. The van der Waals surface area contributed by atoms with E-state index in [1.165, 1.54) is 10.6 Å². The molecular weight excluding hydrogens is 364 g/mol. The minimum Gasteiger partial charge on any atom is -0.484 e. The average molecular weight is 386 g/mol. The zero-order valence-corrected chi connectivity index (χ0v) is 16.4. The number of carbonyl (C=O) groups is 2. The Labute approximate surface area is 161 Å². The van der Waals surface area contributed by atoms with Crippen LogP contribution in [0.1, 0.15) is 29.6 Å². The van der Waals surface area contributed by atoms with Crippen LogP contribution in [0.15, 0.2) is 30.5 Å². The number of aryl methyl sites for hydroxylation is 2. The Morgan fingerprint density at radius 2 is 2.07 bits per heavy atom. The normalized spacial score (nSPS) is 10.8. The molecule has 8 heteroatoms. The molecule has 0 fully saturated rings. The van der Waals surface area contributed by atoms with Crippen LogP contribution in [0.25, 0.3) is 4.96 Å². The van der Waals surface area contributed by atoms with Gasteiger partial charge in [0.1, 0.15) is 5.75 Å². The molecule has 0 unspecified atom stereocenters. The summed E-state index contributed by atoms with van der Waals surface area (Å²) in [7, 11) is 0. The van der Waals surface area contributed by atoms with Crippen LogP contribution < -0.4 is 15.4 Å². The monoisotopic (exact) mass is 386 g/mol. The number of nitrogens with zero attached hydrogens (tertiary/aromatic N) is 2. The minimum absolute atomic E-state index is 0.0738. The maximum absolute atomic E-state index is 12.0. The third-order valence-corrected chi connectivity index (χ3v) is 5.19. The molecule has 2 N–H and O–H groups in total. The summed E-state index contributed by atoms with van der Waals surface area (Å²) in [5.74, 6) is 0.213. The molecule has 0 aliphatic rings. The summed E-state index contributed by atoms with van der Waals surface area (Å²) >= 11 is 1.63. The number of hydrogen-bond donors (Lipinski definition) is 2. The molecular formula is C19H22N4O3S. The molecule has 0 aliphatic carbocycles. The summed E-state index contributed by atoms with van der Waals surface area (Å²) in [6, 6.07) is 6.97. The minimum atomic E-state index is -0.234. The molecule has 0 aliphatic heterocycles. The van der Waals surface area contributed by atoms with Gasteiger partial charge in [-0.15, -0.1) is 11.3 Å². The fourth-order valence-electron chi connectivity index (χ4n) is 2.49. The maximum atomic E-state index is 12.0. The highest BCUT2D eigenvalue weighted by Crippen LogP contribution is 2.21. The SMILES string of the molecule is CCC(=O)Nc1cccc(OCC(=O)NCc2cn3c(C)c(C)sc3n2)c1. The average Bonchev–Trinajstić information content (AvgIpc) is 3.17. The van der Waals surface area contributed by atoms with Crippen LogP contribution in [0.4, 0.5) is 5.69 Å². The Kier molecular flexibility index (Phi) is 5.75. The second-order valence-electron chi connectivity index (χ2n) is 6.12. The lowest BCUT2D eigenvalue weighted by Gasteiger charge is -2.09. The van der Waals surface area contributed by atoms with Crippen molar-refractivity contribution in [2.75, 3.05) is 11.9 Å². The van der Waals surface area contributed by atoms with Gasteiger partial charge < -0.3 is 15.4 Å². The molecule has 2 heterocycles. The van der Waals surface area contributed by atoms with E-state index in [4.69, 9.17) is 4.74 Å². The Hall–Kier alpha value is -2.87. The predicted octanol–water partition coefficient (Wildman–Crippen LogP) is 3.06. The molecule has 0 radical (unpaired) electrons. The smallest absolute Gasteiger partial charge is 0.258 e. The number of anilines is 1. The van der Waals surface area contributed by atoms with E-state index in [0.717, 1.165) is 10.7 Å². The molecule has 0 saturated carbocycles. The zero-order chi connectivity index (χ0) is 19.4. The van der Waals surface area contributed by atoms with Crippen LogP contribution in [0.2, 0.25) is 0 Å². The van der Waals surface area contributed by atoms with Gasteiger partial charge in [-0.25, -0.2) is 4.98 Å². The van der Waals surface area contributed by atoms with Crippen molar-refractivity contribution in [2.24, 2.45) is 0 Å². The number of ether oxygens (including phenoxy) is 1. The number of aromatic nitrogens is 2. The van der Waals surface area contributed by atoms with Gasteiger partial charge >= 0.3 is 0 Å². The van der Waals surface area contributed by atoms with Gasteiger partial charge in [-0.3, -0.25) is 14.0 Å². The van der Waals surface area contributed by atoms with Gasteiger partial charge in [0.25, 0.3) is 5.91 Å². The summed E-state index contributed by atoms with van der Waals surface area (Å²) in [6.07, 6.45) is 2.34. The fourth-order valence-corrected chi connectivity index (χ4v) is 3.46. The van der Waals surface area contributed by atoms with Crippen molar-refractivity contribution in [3.63, 3.8) is 0 Å². The third kappa shape index (κ3) is 4.65. The van der Waals surface area contributed by atoms with E-state index in [-0.39, 0.29) is 18.4 Å². The second kappa shape index (κ2) is 8.22. The first-order valence-corrected chi connectivity index (χ1v) is 9.51. The quantitative estimate of drug-likeness (QED) is 0.654. The van der Waals surface area contributed by atoms with E-state index in [1.54, 1.807) is 42.5 Å². The molecule has 3 rings (SSSR count). The Bertz CT molecular complexity index is 977. The highest BCUT2D eigenvalue weighted by molar-refractivity contribution is 7.17. The van der Waals surface area contributed by atoms with Gasteiger partial charge in [0.15, 0.2) is 11.6 Å². The van der Waals surface area contributed by atoms with E-state index >= 15 is 0 Å². The zero-order valence-electron chi connectivity index (χ0n) is 15.5. The highest BCUT2D eigenvalue weighted by atomic mass is 32.1. The summed E-state index contributed by atoms with van der Waals surface area (Å²) in [6.45, 7) is 6.14. The number of amides is 2. The number of carbonyl (C=O) groups excluding carboxylic acids is 2. The van der Waals surface area contributed by atoms with Gasteiger partial charge in [-0.1, -0.05) is 13.0 Å². The number of fused-ring (bicyclic) bond motifs is 1. The molecule has 0 spiro atoms. The molecule has 2 aromatic heterocycles. The van der Waals surface area contributed by atoms with E-state index in [9.17, 15) is 9.59 Å². The maximum Gasteiger partial charge on any atom is 0.258 e. The standard InChI is InChI=1S/C19H22N4O3S/c1-4-17(24)21-14-6-5-7-16(8-14)26-11-18(25)20-9-15-10-23-12(2)13(3)27-19(23)22-15/h5-8,10H,4,9,11H2,1-3H3,(H,20,25)(H,21,24). The number of thiazole rings is 1.